The third kappa shape index (κ3) is 4.86. The predicted molar refractivity (Wildman–Crippen MR) is 94.7 cm³/mol. The third-order valence-electron chi connectivity index (χ3n) is 3.26. The van der Waals surface area contributed by atoms with Gasteiger partial charge >= 0.3 is 0 Å². The first-order chi connectivity index (χ1) is 11.3. The molecule has 1 aromatic heterocycles. The van der Waals surface area contributed by atoms with E-state index in [4.69, 9.17) is 4.74 Å². The van der Waals surface area contributed by atoms with Gasteiger partial charge in [-0.1, -0.05) is 39.0 Å². The van der Waals surface area contributed by atoms with Crippen molar-refractivity contribution >= 4 is 27.7 Å². The highest BCUT2D eigenvalue weighted by Crippen LogP contribution is 2.30. The van der Waals surface area contributed by atoms with Crippen molar-refractivity contribution in [1.82, 2.24) is 15.8 Å². The number of rotatable bonds is 4. The summed E-state index contributed by atoms with van der Waals surface area (Å²) in [5.74, 6) is -0.235. The fourth-order valence-electron chi connectivity index (χ4n) is 2.08. The van der Waals surface area contributed by atoms with E-state index in [0.29, 0.717) is 11.4 Å². The molecule has 0 spiro atoms. The Labute approximate surface area is 149 Å². The van der Waals surface area contributed by atoms with Crippen LogP contribution in [0.1, 0.15) is 36.8 Å². The maximum atomic E-state index is 11.8. The van der Waals surface area contributed by atoms with Crippen LogP contribution in [0.3, 0.4) is 0 Å². The van der Waals surface area contributed by atoms with Crippen LogP contribution in [0, 0.1) is 0 Å². The molecule has 128 valence electrons. The van der Waals surface area contributed by atoms with Crippen LogP contribution in [0.5, 0.6) is 5.75 Å². The highest BCUT2D eigenvalue weighted by Gasteiger charge is 2.19. The number of hydrogen-bond acceptors (Lipinski definition) is 3. The van der Waals surface area contributed by atoms with Gasteiger partial charge in [0.25, 0.3) is 11.8 Å². The van der Waals surface area contributed by atoms with Gasteiger partial charge in [0, 0.05) is 10.7 Å². The minimum atomic E-state index is -0.447. The Morgan fingerprint density at radius 2 is 1.92 bits per heavy atom. The summed E-state index contributed by atoms with van der Waals surface area (Å²) < 4.78 is 6.34. The molecule has 24 heavy (non-hydrogen) atoms. The van der Waals surface area contributed by atoms with Crippen molar-refractivity contribution in [3.63, 3.8) is 0 Å². The molecular weight excluding hydrogens is 374 g/mol. The Hall–Kier alpha value is -2.28. The lowest BCUT2D eigenvalue weighted by atomic mass is 9.86. The number of halogens is 1. The second-order valence-electron chi connectivity index (χ2n) is 6.27. The van der Waals surface area contributed by atoms with Crippen LogP contribution in [-0.2, 0) is 10.2 Å². The SMILES string of the molecule is CC(C)(C)c1ccccc1OCC(=O)NNC(=O)c1cc(Br)c[nH]1. The fourth-order valence-corrected chi connectivity index (χ4v) is 2.43. The van der Waals surface area contributed by atoms with Gasteiger partial charge in [-0.2, -0.15) is 0 Å². The highest BCUT2D eigenvalue weighted by molar-refractivity contribution is 9.10. The zero-order chi connectivity index (χ0) is 17.7. The van der Waals surface area contributed by atoms with Gasteiger partial charge in [-0.3, -0.25) is 20.4 Å². The first-order valence-electron chi connectivity index (χ1n) is 7.43. The van der Waals surface area contributed by atoms with Gasteiger partial charge in [0.05, 0.1) is 0 Å². The molecule has 0 aliphatic carbocycles. The van der Waals surface area contributed by atoms with E-state index in [9.17, 15) is 9.59 Å². The molecule has 0 unspecified atom stereocenters. The number of hydrogen-bond donors (Lipinski definition) is 3. The number of amides is 2. The minimum absolute atomic E-state index is 0.0950. The van der Waals surface area contributed by atoms with Crippen LogP contribution >= 0.6 is 15.9 Å². The molecule has 0 fully saturated rings. The molecule has 1 aromatic carbocycles. The second-order valence-corrected chi connectivity index (χ2v) is 7.18. The molecule has 0 radical (unpaired) electrons. The van der Waals surface area contributed by atoms with E-state index in [1.165, 1.54) is 0 Å². The Kier molecular flexibility index (Phi) is 5.66. The van der Waals surface area contributed by atoms with Crippen molar-refractivity contribution in [1.29, 1.82) is 0 Å². The Morgan fingerprint density at radius 1 is 1.21 bits per heavy atom. The normalized spacial score (nSPS) is 11.0. The predicted octanol–water partition coefficient (Wildman–Crippen LogP) is 2.91. The van der Waals surface area contributed by atoms with Crippen molar-refractivity contribution in [2.24, 2.45) is 0 Å². The highest BCUT2D eigenvalue weighted by atomic mass is 79.9. The summed E-state index contributed by atoms with van der Waals surface area (Å²) in [6.45, 7) is 6.03. The van der Waals surface area contributed by atoms with E-state index in [2.05, 4.69) is 52.5 Å². The summed E-state index contributed by atoms with van der Waals surface area (Å²) >= 11 is 3.24. The number of ether oxygens (including phenoxy) is 1. The molecule has 7 heteroatoms. The van der Waals surface area contributed by atoms with E-state index in [1.54, 1.807) is 12.3 Å². The topological polar surface area (TPSA) is 83.2 Å². The maximum Gasteiger partial charge on any atom is 0.286 e. The van der Waals surface area contributed by atoms with Gasteiger partial charge in [0.2, 0.25) is 0 Å². The number of nitrogens with one attached hydrogen (secondary N) is 3. The first kappa shape index (κ1) is 18.1. The van der Waals surface area contributed by atoms with Crippen molar-refractivity contribution in [3.05, 3.63) is 52.3 Å². The van der Waals surface area contributed by atoms with Gasteiger partial charge in [-0.15, -0.1) is 0 Å². The Balaban J connectivity index is 1.87. The summed E-state index contributed by atoms with van der Waals surface area (Å²) in [6, 6.07) is 9.19. The lowest BCUT2D eigenvalue weighted by molar-refractivity contribution is -0.123. The molecule has 3 N–H and O–H groups in total. The quantitative estimate of drug-likeness (QED) is 0.698. The maximum absolute atomic E-state index is 11.8. The van der Waals surface area contributed by atoms with Crippen LogP contribution in [-0.4, -0.2) is 23.4 Å². The molecular formula is C17H20BrN3O3. The van der Waals surface area contributed by atoms with Crippen LogP contribution in [0.25, 0.3) is 0 Å². The largest absolute Gasteiger partial charge is 0.483 e. The number of aromatic nitrogens is 1. The van der Waals surface area contributed by atoms with Crippen molar-refractivity contribution in [2.45, 2.75) is 26.2 Å². The van der Waals surface area contributed by atoms with E-state index in [1.807, 2.05) is 24.3 Å². The first-order valence-corrected chi connectivity index (χ1v) is 8.22. The zero-order valence-corrected chi connectivity index (χ0v) is 15.4. The lowest BCUT2D eigenvalue weighted by Crippen LogP contribution is -2.44. The molecule has 0 aliphatic rings. The number of para-hydroxylation sites is 1. The number of hydrazine groups is 1. The van der Waals surface area contributed by atoms with Crippen LogP contribution < -0.4 is 15.6 Å². The Morgan fingerprint density at radius 3 is 2.54 bits per heavy atom. The average Bonchev–Trinajstić information content (AvgIpc) is 2.96. The fraction of sp³-hybridized carbons (Fsp3) is 0.294. The molecule has 6 nitrogen and oxygen atoms in total. The van der Waals surface area contributed by atoms with E-state index >= 15 is 0 Å². The molecule has 2 rings (SSSR count). The summed E-state index contributed by atoms with van der Waals surface area (Å²) in [6.07, 6.45) is 1.63. The van der Waals surface area contributed by atoms with Crippen LogP contribution in [0.4, 0.5) is 0 Å². The van der Waals surface area contributed by atoms with Crippen molar-refractivity contribution < 1.29 is 14.3 Å². The van der Waals surface area contributed by atoms with Gasteiger partial charge in [0.1, 0.15) is 11.4 Å². The lowest BCUT2D eigenvalue weighted by Gasteiger charge is -2.22. The summed E-state index contributed by atoms with van der Waals surface area (Å²) in [5, 5.41) is 0. The second kappa shape index (κ2) is 7.53. The molecule has 0 atom stereocenters. The van der Waals surface area contributed by atoms with Gasteiger partial charge < -0.3 is 9.72 Å². The number of carbonyl (C=O) groups is 2. The molecule has 2 amide bonds. The average molecular weight is 394 g/mol. The molecule has 0 aliphatic heterocycles. The number of carbonyl (C=O) groups excluding carboxylic acids is 2. The van der Waals surface area contributed by atoms with Gasteiger partial charge in [0.15, 0.2) is 6.61 Å². The number of benzene rings is 1. The molecule has 0 bridgehead atoms. The van der Waals surface area contributed by atoms with Crippen molar-refractivity contribution in [3.8, 4) is 5.75 Å². The molecule has 1 heterocycles. The number of H-pyrrole nitrogens is 1. The third-order valence-corrected chi connectivity index (χ3v) is 3.72. The smallest absolute Gasteiger partial charge is 0.286 e. The van der Waals surface area contributed by atoms with E-state index in [0.717, 1.165) is 10.0 Å². The molecule has 2 aromatic rings. The minimum Gasteiger partial charge on any atom is -0.483 e. The van der Waals surface area contributed by atoms with Gasteiger partial charge in [-0.25, -0.2) is 0 Å². The summed E-state index contributed by atoms with van der Waals surface area (Å²) in [4.78, 5) is 26.4. The Bertz CT molecular complexity index is 735. The van der Waals surface area contributed by atoms with Crippen LogP contribution in [0.15, 0.2) is 41.0 Å². The van der Waals surface area contributed by atoms with Gasteiger partial charge in [-0.05, 0) is 39.0 Å². The zero-order valence-electron chi connectivity index (χ0n) is 13.8. The molecule has 0 saturated heterocycles. The standard InChI is InChI=1S/C17H20BrN3O3/c1-17(2,3)12-6-4-5-7-14(12)24-10-15(22)20-21-16(23)13-8-11(18)9-19-13/h4-9,19H,10H2,1-3H3,(H,20,22)(H,21,23). The van der Waals surface area contributed by atoms with Crippen molar-refractivity contribution in [2.75, 3.05) is 6.61 Å². The van der Waals surface area contributed by atoms with E-state index in [-0.39, 0.29) is 12.0 Å². The number of aromatic amines is 1. The molecule has 0 saturated carbocycles. The summed E-state index contributed by atoms with van der Waals surface area (Å²) in [5.41, 5.74) is 5.89. The summed E-state index contributed by atoms with van der Waals surface area (Å²) in [7, 11) is 0. The van der Waals surface area contributed by atoms with E-state index < -0.39 is 11.8 Å². The monoisotopic (exact) mass is 393 g/mol. The van der Waals surface area contributed by atoms with Crippen LogP contribution in [0.2, 0.25) is 0 Å².